The first-order valence-electron chi connectivity index (χ1n) is 7.97. The fourth-order valence-electron chi connectivity index (χ4n) is 2.84. The van der Waals surface area contributed by atoms with Crippen molar-refractivity contribution in [3.8, 4) is 0 Å². The molecule has 2 heterocycles. The number of amides is 2. The van der Waals surface area contributed by atoms with Crippen LogP contribution in [0.5, 0.6) is 0 Å². The molecule has 0 unspecified atom stereocenters. The summed E-state index contributed by atoms with van der Waals surface area (Å²) >= 11 is 1.47. The van der Waals surface area contributed by atoms with E-state index in [1.165, 1.54) is 11.3 Å². The average Bonchev–Trinajstić information content (AvgIpc) is 3.26. The van der Waals surface area contributed by atoms with Gasteiger partial charge in [0.1, 0.15) is 12.1 Å². The minimum Gasteiger partial charge on any atom is -0.386 e. The molecule has 0 saturated carbocycles. The first kappa shape index (κ1) is 16.7. The Bertz CT molecular complexity index is 688. The summed E-state index contributed by atoms with van der Waals surface area (Å²) in [7, 11) is 0. The Balaban J connectivity index is 1.75. The lowest BCUT2D eigenvalue weighted by Crippen LogP contribution is -2.45. The van der Waals surface area contributed by atoms with Gasteiger partial charge in [-0.15, -0.1) is 11.3 Å². The molecule has 0 radical (unpaired) electrons. The summed E-state index contributed by atoms with van der Waals surface area (Å²) < 4.78 is 0. The Kier molecular flexibility index (Phi) is 5.27. The van der Waals surface area contributed by atoms with E-state index in [1.54, 1.807) is 4.90 Å². The van der Waals surface area contributed by atoms with Crippen LogP contribution in [-0.4, -0.2) is 34.4 Å². The number of thiophene rings is 1. The van der Waals surface area contributed by atoms with E-state index in [4.69, 9.17) is 0 Å². The van der Waals surface area contributed by atoms with E-state index < -0.39 is 12.1 Å². The van der Waals surface area contributed by atoms with E-state index in [-0.39, 0.29) is 18.4 Å². The summed E-state index contributed by atoms with van der Waals surface area (Å²) in [5.41, 5.74) is 0.994. The van der Waals surface area contributed by atoms with Crippen LogP contribution in [0.15, 0.2) is 47.8 Å². The number of aliphatic hydroxyl groups is 1. The molecule has 2 aromatic rings. The molecule has 3 rings (SSSR count). The van der Waals surface area contributed by atoms with Gasteiger partial charge >= 0.3 is 0 Å². The Labute approximate surface area is 144 Å². The smallest absolute Gasteiger partial charge is 0.245 e. The minimum atomic E-state index is -0.727. The van der Waals surface area contributed by atoms with Crippen LogP contribution in [0.25, 0.3) is 0 Å². The van der Waals surface area contributed by atoms with E-state index in [1.807, 2.05) is 47.8 Å². The predicted molar refractivity (Wildman–Crippen MR) is 92.3 cm³/mol. The van der Waals surface area contributed by atoms with Crippen molar-refractivity contribution in [2.75, 3.05) is 6.54 Å². The van der Waals surface area contributed by atoms with Crippen molar-refractivity contribution in [2.45, 2.75) is 31.5 Å². The van der Waals surface area contributed by atoms with Crippen molar-refractivity contribution in [2.24, 2.45) is 0 Å². The van der Waals surface area contributed by atoms with Gasteiger partial charge in [0, 0.05) is 17.8 Å². The Morgan fingerprint density at radius 3 is 2.71 bits per heavy atom. The zero-order valence-electron chi connectivity index (χ0n) is 13.2. The zero-order valence-corrected chi connectivity index (χ0v) is 14.0. The molecular weight excluding hydrogens is 324 g/mol. The number of carbonyl (C=O) groups excluding carboxylic acids is 2. The van der Waals surface area contributed by atoms with Crippen molar-refractivity contribution < 1.29 is 14.7 Å². The molecule has 24 heavy (non-hydrogen) atoms. The maximum atomic E-state index is 12.8. The summed E-state index contributed by atoms with van der Waals surface area (Å²) in [6.07, 6.45) is 0.163. The summed E-state index contributed by atoms with van der Waals surface area (Å²) in [6, 6.07) is 12.9. The molecule has 0 aliphatic carbocycles. The van der Waals surface area contributed by atoms with Crippen LogP contribution in [0.4, 0.5) is 0 Å². The summed E-state index contributed by atoms with van der Waals surface area (Å²) in [6.45, 7) is 0.620. The highest BCUT2D eigenvalue weighted by atomic mass is 32.1. The second-order valence-corrected chi connectivity index (χ2v) is 6.87. The van der Waals surface area contributed by atoms with Crippen molar-refractivity contribution in [1.29, 1.82) is 0 Å². The van der Waals surface area contributed by atoms with Gasteiger partial charge < -0.3 is 15.3 Å². The van der Waals surface area contributed by atoms with E-state index in [2.05, 4.69) is 5.32 Å². The molecule has 1 aromatic carbocycles. The van der Waals surface area contributed by atoms with Gasteiger partial charge in [-0.3, -0.25) is 9.59 Å². The molecule has 1 saturated heterocycles. The third-order valence-corrected chi connectivity index (χ3v) is 5.06. The standard InChI is InChI=1S/C18H20N2O3S/c21-15(16-7-4-10-24-16)12-20(11-13-5-2-1-3-6-13)18(23)14-8-9-17(22)19-14/h1-7,10,14-15,21H,8-9,11-12H2,(H,19,22)/t14-,15-/m1/s1. The summed E-state index contributed by atoms with van der Waals surface area (Å²) in [4.78, 5) is 26.7. The van der Waals surface area contributed by atoms with Crippen LogP contribution in [0, 0.1) is 0 Å². The molecule has 6 heteroatoms. The molecule has 2 N–H and O–H groups in total. The van der Waals surface area contributed by atoms with Crippen LogP contribution < -0.4 is 5.32 Å². The highest BCUT2D eigenvalue weighted by Gasteiger charge is 2.31. The second-order valence-electron chi connectivity index (χ2n) is 5.89. The number of hydrogen-bond acceptors (Lipinski definition) is 4. The lowest BCUT2D eigenvalue weighted by molar-refractivity contribution is -0.136. The maximum absolute atomic E-state index is 12.8. The lowest BCUT2D eigenvalue weighted by Gasteiger charge is -2.27. The maximum Gasteiger partial charge on any atom is 0.245 e. The van der Waals surface area contributed by atoms with Crippen LogP contribution in [0.1, 0.15) is 29.4 Å². The molecule has 5 nitrogen and oxygen atoms in total. The van der Waals surface area contributed by atoms with Gasteiger partial charge in [0.25, 0.3) is 0 Å². The van der Waals surface area contributed by atoms with E-state index in [0.29, 0.717) is 19.4 Å². The molecule has 126 valence electrons. The number of nitrogens with zero attached hydrogens (tertiary/aromatic N) is 1. The first-order chi connectivity index (χ1) is 11.6. The largest absolute Gasteiger partial charge is 0.386 e. The van der Waals surface area contributed by atoms with E-state index >= 15 is 0 Å². The molecule has 1 aromatic heterocycles. The topological polar surface area (TPSA) is 69.6 Å². The van der Waals surface area contributed by atoms with Crippen molar-refractivity contribution in [1.82, 2.24) is 10.2 Å². The third kappa shape index (κ3) is 4.01. The summed E-state index contributed by atoms with van der Waals surface area (Å²) in [5, 5.41) is 15.1. The lowest BCUT2D eigenvalue weighted by atomic mass is 10.1. The third-order valence-electron chi connectivity index (χ3n) is 4.09. The number of rotatable bonds is 6. The van der Waals surface area contributed by atoms with Crippen molar-refractivity contribution >= 4 is 23.2 Å². The van der Waals surface area contributed by atoms with Crippen LogP contribution in [0.3, 0.4) is 0 Å². The SMILES string of the molecule is O=C1CC[C@H](C(=O)N(Cc2ccccc2)C[C@@H](O)c2cccs2)N1. The zero-order chi connectivity index (χ0) is 16.9. The minimum absolute atomic E-state index is 0.0909. The number of carbonyl (C=O) groups is 2. The number of nitrogens with one attached hydrogen (secondary N) is 1. The molecule has 1 aliphatic heterocycles. The van der Waals surface area contributed by atoms with Crippen LogP contribution in [0.2, 0.25) is 0 Å². The normalized spacial score (nSPS) is 18.2. The second kappa shape index (κ2) is 7.59. The molecule has 1 aliphatic rings. The summed E-state index contributed by atoms with van der Waals surface area (Å²) in [5.74, 6) is -0.230. The van der Waals surface area contributed by atoms with Gasteiger partial charge in [-0.25, -0.2) is 0 Å². The van der Waals surface area contributed by atoms with Crippen LogP contribution >= 0.6 is 11.3 Å². The van der Waals surface area contributed by atoms with Gasteiger partial charge in [-0.2, -0.15) is 0 Å². The number of aliphatic hydroxyl groups excluding tert-OH is 1. The van der Waals surface area contributed by atoms with E-state index in [0.717, 1.165) is 10.4 Å². The van der Waals surface area contributed by atoms with Crippen molar-refractivity contribution in [3.63, 3.8) is 0 Å². The molecular formula is C18H20N2O3S. The van der Waals surface area contributed by atoms with Crippen LogP contribution in [-0.2, 0) is 16.1 Å². The Morgan fingerprint density at radius 1 is 1.29 bits per heavy atom. The number of hydrogen-bond donors (Lipinski definition) is 2. The van der Waals surface area contributed by atoms with Gasteiger partial charge in [0.2, 0.25) is 11.8 Å². The van der Waals surface area contributed by atoms with Gasteiger partial charge in [0.05, 0.1) is 6.54 Å². The number of benzene rings is 1. The fraction of sp³-hybridized carbons (Fsp3) is 0.333. The highest BCUT2D eigenvalue weighted by molar-refractivity contribution is 7.10. The van der Waals surface area contributed by atoms with Gasteiger partial charge in [-0.1, -0.05) is 36.4 Å². The molecule has 2 atom stereocenters. The highest BCUT2D eigenvalue weighted by Crippen LogP contribution is 2.22. The molecule has 0 spiro atoms. The Morgan fingerprint density at radius 2 is 2.08 bits per heavy atom. The average molecular weight is 344 g/mol. The monoisotopic (exact) mass is 344 g/mol. The molecule has 2 amide bonds. The van der Waals surface area contributed by atoms with E-state index in [9.17, 15) is 14.7 Å². The Hall–Kier alpha value is -2.18. The van der Waals surface area contributed by atoms with Gasteiger partial charge in [0.15, 0.2) is 0 Å². The first-order valence-corrected chi connectivity index (χ1v) is 8.85. The molecule has 0 bridgehead atoms. The van der Waals surface area contributed by atoms with Gasteiger partial charge in [-0.05, 0) is 23.4 Å². The van der Waals surface area contributed by atoms with Crippen molar-refractivity contribution in [3.05, 3.63) is 58.3 Å². The fourth-order valence-corrected chi connectivity index (χ4v) is 3.54. The predicted octanol–water partition coefficient (Wildman–Crippen LogP) is 2.09. The quantitative estimate of drug-likeness (QED) is 0.843. The molecule has 1 fully saturated rings.